The topological polar surface area (TPSA) is 99.8 Å². The highest BCUT2D eigenvalue weighted by molar-refractivity contribution is 6.09. The highest BCUT2D eigenvalue weighted by atomic mass is 16.5. The van der Waals surface area contributed by atoms with E-state index in [1.165, 1.54) is 0 Å². The van der Waals surface area contributed by atoms with Crippen molar-refractivity contribution in [2.75, 3.05) is 33.3 Å². The molecule has 2 heterocycles. The van der Waals surface area contributed by atoms with Gasteiger partial charge in [-0.1, -0.05) is 12.1 Å². The average molecular weight is 374 g/mol. The number of amides is 4. The fourth-order valence-electron chi connectivity index (χ4n) is 3.54. The van der Waals surface area contributed by atoms with E-state index >= 15 is 0 Å². The third-order valence-electron chi connectivity index (χ3n) is 5.28. The number of urea groups is 1. The van der Waals surface area contributed by atoms with Gasteiger partial charge in [0.05, 0.1) is 7.11 Å². The zero-order valence-corrected chi connectivity index (χ0v) is 15.7. The predicted octanol–water partition coefficient (Wildman–Crippen LogP) is 0.578. The summed E-state index contributed by atoms with van der Waals surface area (Å²) < 4.78 is 5.12. The largest absolute Gasteiger partial charge is 0.497 e. The lowest BCUT2D eigenvalue weighted by atomic mass is 9.92. The van der Waals surface area contributed by atoms with Crippen molar-refractivity contribution in [3.05, 3.63) is 29.8 Å². The van der Waals surface area contributed by atoms with Crippen molar-refractivity contribution in [2.24, 2.45) is 5.92 Å². The Kier molecular flexibility index (Phi) is 5.65. The Balaban J connectivity index is 1.58. The van der Waals surface area contributed by atoms with Crippen LogP contribution < -0.4 is 20.7 Å². The molecule has 8 heteroatoms. The lowest BCUT2D eigenvalue weighted by Crippen LogP contribution is -2.43. The maximum absolute atomic E-state index is 12.8. The second-order valence-electron chi connectivity index (χ2n) is 7.17. The van der Waals surface area contributed by atoms with Crippen LogP contribution in [0, 0.1) is 5.92 Å². The number of hydrogen-bond donors (Lipinski definition) is 3. The van der Waals surface area contributed by atoms with Crippen molar-refractivity contribution in [3.63, 3.8) is 0 Å². The first-order valence-electron chi connectivity index (χ1n) is 9.20. The molecule has 2 atom stereocenters. The quantitative estimate of drug-likeness (QED) is 0.606. The molecule has 2 fully saturated rings. The summed E-state index contributed by atoms with van der Waals surface area (Å²) in [6.45, 7) is 3.90. The van der Waals surface area contributed by atoms with Crippen LogP contribution in [0.25, 0.3) is 0 Å². The molecule has 146 valence electrons. The van der Waals surface area contributed by atoms with Crippen LogP contribution in [0.15, 0.2) is 24.3 Å². The van der Waals surface area contributed by atoms with Crippen LogP contribution in [-0.2, 0) is 15.1 Å². The minimum absolute atomic E-state index is 0.278. The van der Waals surface area contributed by atoms with Gasteiger partial charge in [0.15, 0.2) is 0 Å². The maximum atomic E-state index is 12.8. The minimum atomic E-state index is -1.20. The zero-order chi connectivity index (χ0) is 19.4. The fraction of sp³-hybridized carbons (Fsp3) is 0.526. The first-order valence-corrected chi connectivity index (χ1v) is 9.20. The molecule has 3 N–H and O–H groups in total. The van der Waals surface area contributed by atoms with Crippen molar-refractivity contribution >= 4 is 17.8 Å². The molecule has 1 aromatic rings. The van der Waals surface area contributed by atoms with Crippen LogP contribution >= 0.6 is 0 Å². The van der Waals surface area contributed by atoms with Gasteiger partial charge in [-0.2, -0.15) is 0 Å². The summed E-state index contributed by atoms with van der Waals surface area (Å²) in [6, 6.07) is 6.36. The third-order valence-corrected chi connectivity index (χ3v) is 5.28. The van der Waals surface area contributed by atoms with Crippen LogP contribution in [0.2, 0.25) is 0 Å². The Morgan fingerprint density at radius 3 is 2.70 bits per heavy atom. The molecular formula is C19H26N4O4. The van der Waals surface area contributed by atoms with Gasteiger partial charge >= 0.3 is 6.03 Å². The van der Waals surface area contributed by atoms with Gasteiger partial charge < -0.3 is 20.7 Å². The van der Waals surface area contributed by atoms with Crippen molar-refractivity contribution in [1.29, 1.82) is 0 Å². The van der Waals surface area contributed by atoms with Gasteiger partial charge in [0, 0.05) is 6.54 Å². The number of hydrogen-bond acceptors (Lipinski definition) is 5. The number of carbonyl (C=O) groups excluding carboxylic acids is 3. The first kappa shape index (κ1) is 19.2. The Morgan fingerprint density at radius 2 is 2.07 bits per heavy atom. The molecule has 2 aliphatic rings. The number of methoxy groups -OCH3 is 1. The molecule has 27 heavy (non-hydrogen) atoms. The van der Waals surface area contributed by atoms with Gasteiger partial charge in [-0.3, -0.25) is 14.5 Å². The number of benzene rings is 1. The number of nitrogens with one attached hydrogen (secondary N) is 3. The van der Waals surface area contributed by atoms with E-state index in [0.29, 0.717) is 23.8 Å². The molecule has 4 amide bonds. The SMILES string of the molecule is COc1ccc(C2(C)NC(=O)N(CC(=O)NCCC3CCNC3)C2=O)cc1. The molecule has 0 radical (unpaired) electrons. The molecular weight excluding hydrogens is 348 g/mol. The summed E-state index contributed by atoms with van der Waals surface area (Å²) in [7, 11) is 1.56. The van der Waals surface area contributed by atoms with E-state index in [1.54, 1.807) is 38.3 Å². The van der Waals surface area contributed by atoms with E-state index in [4.69, 9.17) is 4.74 Å². The summed E-state index contributed by atoms with van der Waals surface area (Å²) >= 11 is 0. The number of rotatable bonds is 7. The van der Waals surface area contributed by atoms with Gasteiger partial charge in [-0.25, -0.2) is 4.79 Å². The van der Waals surface area contributed by atoms with Crippen LogP contribution in [0.3, 0.4) is 0 Å². The lowest BCUT2D eigenvalue weighted by molar-refractivity contribution is -0.134. The van der Waals surface area contributed by atoms with E-state index in [9.17, 15) is 14.4 Å². The normalized spacial score (nSPS) is 24.8. The van der Waals surface area contributed by atoms with Gasteiger partial charge in [-0.15, -0.1) is 0 Å². The molecule has 0 aliphatic carbocycles. The number of ether oxygens (including phenoxy) is 1. The molecule has 3 rings (SSSR count). The van der Waals surface area contributed by atoms with Gasteiger partial charge in [0.2, 0.25) is 5.91 Å². The first-order chi connectivity index (χ1) is 12.9. The summed E-state index contributed by atoms with van der Waals surface area (Å²) in [5.41, 5.74) is -0.558. The number of carbonyl (C=O) groups is 3. The molecule has 2 aliphatic heterocycles. The number of imide groups is 1. The van der Waals surface area contributed by atoms with Crippen LogP contribution in [-0.4, -0.2) is 56.0 Å². The second-order valence-corrected chi connectivity index (χ2v) is 7.17. The van der Waals surface area contributed by atoms with E-state index in [-0.39, 0.29) is 12.5 Å². The monoisotopic (exact) mass is 374 g/mol. The van der Waals surface area contributed by atoms with Crippen molar-refractivity contribution < 1.29 is 19.1 Å². The Morgan fingerprint density at radius 1 is 1.33 bits per heavy atom. The molecule has 0 aromatic heterocycles. The summed E-state index contributed by atoms with van der Waals surface area (Å²) in [5.74, 6) is 0.462. The molecule has 0 saturated carbocycles. The van der Waals surface area contributed by atoms with E-state index in [2.05, 4.69) is 16.0 Å². The van der Waals surface area contributed by atoms with E-state index < -0.39 is 17.5 Å². The second kappa shape index (κ2) is 7.96. The highest BCUT2D eigenvalue weighted by Crippen LogP contribution is 2.29. The Bertz CT molecular complexity index is 715. The van der Waals surface area contributed by atoms with Crippen LogP contribution in [0.5, 0.6) is 5.75 Å². The van der Waals surface area contributed by atoms with Gasteiger partial charge in [0.1, 0.15) is 17.8 Å². The minimum Gasteiger partial charge on any atom is -0.497 e. The fourth-order valence-corrected chi connectivity index (χ4v) is 3.54. The summed E-state index contributed by atoms with van der Waals surface area (Å²) in [6.07, 6.45) is 2.01. The zero-order valence-electron chi connectivity index (χ0n) is 15.7. The third kappa shape index (κ3) is 4.05. The molecule has 8 nitrogen and oxygen atoms in total. The average Bonchev–Trinajstić information content (AvgIpc) is 3.25. The maximum Gasteiger partial charge on any atom is 0.325 e. The summed E-state index contributed by atoms with van der Waals surface area (Å²) in [5, 5.41) is 8.79. The molecule has 1 aromatic carbocycles. The Hall–Kier alpha value is -2.61. The van der Waals surface area contributed by atoms with E-state index in [0.717, 1.165) is 30.8 Å². The Labute approximate surface area is 158 Å². The molecule has 0 bridgehead atoms. The molecule has 2 unspecified atom stereocenters. The summed E-state index contributed by atoms with van der Waals surface area (Å²) in [4.78, 5) is 38.3. The van der Waals surface area contributed by atoms with Crippen molar-refractivity contribution in [2.45, 2.75) is 25.3 Å². The lowest BCUT2D eigenvalue weighted by Gasteiger charge is -2.22. The van der Waals surface area contributed by atoms with Crippen LogP contribution in [0.4, 0.5) is 4.79 Å². The smallest absolute Gasteiger partial charge is 0.325 e. The number of nitrogens with zero attached hydrogens (tertiary/aromatic N) is 1. The van der Waals surface area contributed by atoms with Gasteiger partial charge in [-0.05, 0) is 56.5 Å². The highest BCUT2D eigenvalue weighted by Gasteiger charge is 2.49. The van der Waals surface area contributed by atoms with Gasteiger partial charge in [0.25, 0.3) is 5.91 Å². The molecule has 2 saturated heterocycles. The molecule has 0 spiro atoms. The van der Waals surface area contributed by atoms with Crippen molar-refractivity contribution in [3.8, 4) is 5.75 Å². The standard InChI is InChI=1S/C19H26N4O4/c1-19(14-3-5-15(27-2)6-4-14)17(25)23(18(26)22-19)12-16(24)21-10-8-13-7-9-20-11-13/h3-6,13,20H,7-12H2,1-2H3,(H,21,24)(H,22,26). The van der Waals surface area contributed by atoms with Crippen molar-refractivity contribution in [1.82, 2.24) is 20.9 Å². The predicted molar refractivity (Wildman–Crippen MR) is 99.2 cm³/mol. The van der Waals surface area contributed by atoms with E-state index in [1.807, 2.05) is 0 Å². The van der Waals surface area contributed by atoms with Crippen LogP contribution in [0.1, 0.15) is 25.3 Å².